The molecule has 0 aliphatic heterocycles. The molecule has 0 heterocycles. The average Bonchev–Trinajstić information content (AvgIpc) is 2.57. The van der Waals surface area contributed by atoms with Crippen molar-refractivity contribution in [2.75, 3.05) is 23.0 Å². The largest absolute Gasteiger partial charge is 0.495 e. The number of amides is 1. The van der Waals surface area contributed by atoms with Gasteiger partial charge in [-0.25, -0.2) is 8.42 Å². The van der Waals surface area contributed by atoms with Crippen molar-refractivity contribution in [1.82, 2.24) is 0 Å². The maximum atomic E-state index is 12.8. The first-order valence-corrected chi connectivity index (χ1v) is 10.5. The van der Waals surface area contributed by atoms with E-state index in [1.165, 1.54) is 14.0 Å². The molecule has 6 nitrogen and oxygen atoms in total. The van der Waals surface area contributed by atoms with Crippen molar-refractivity contribution in [3.8, 4) is 5.75 Å². The molecule has 0 radical (unpaired) electrons. The molecule has 1 atom stereocenters. The SMILES string of the molecule is COc1ccc(C)cc1N([C@H](C)C(=O)Nc1cc(Cl)ccc1C)S(C)(=O)=O. The zero-order valence-electron chi connectivity index (χ0n) is 15.9. The molecule has 146 valence electrons. The molecule has 2 rings (SSSR count). The number of nitrogens with zero attached hydrogens (tertiary/aromatic N) is 1. The lowest BCUT2D eigenvalue weighted by Crippen LogP contribution is -2.45. The molecule has 0 aromatic heterocycles. The Morgan fingerprint density at radius 2 is 1.85 bits per heavy atom. The number of benzene rings is 2. The third-order valence-corrected chi connectivity index (χ3v) is 5.58. The van der Waals surface area contributed by atoms with Crippen LogP contribution in [0.15, 0.2) is 36.4 Å². The van der Waals surface area contributed by atoms with Crippen LogP contribution in [0.2, 0.25) is 5.02 Å². The average molecular weight is 411 g/mol. The van der Waals surface area contributed by atoms with E-state index in [1.807, 2.05) is 19.9 Å². The number of rotatable bonds is 6. The summed E-state index contributed by atoms with van der Waals surface area (Å²) in [5, 5.41) is 3.23. The number of sulfonamides is 1. The van der Waals surface area contributed by atoms with Gasteiger partial charge in [-0.1, -0.05) is 23.7 Å². The minimum Gasteiger partial charge on any atom is -0.495 e. The van der Waals surface area contributed by atoms with Crippen LogP contribution in [0.25, 0.3) is 0 Å². The highest BCUT2D eigenvalue weighted by Crippen LogP contribution is 2.33. The van der Waals surface area contributed by atoms with E-state index in [9.17, 15) is 13.2 Å². The fourth-order valence-corrected chi connectivity index (χ4v) is 4.06. The Bertz CT molecular complexity index is 960. The summed E-state index contributed by atoms with van der Waals surface area (Å²) < 4.78 is 31.4. The molecule has 0 aliphatic carbocycles. The van der Waals surface area contributed by atoms with Crippen molar-refractivity contribution in [1.29, 1.82) is 0 Å². The first-order valence-electron chi connectivity index (χ1n) is 8.25. The lowest BCUT2D eigenvalue weighted by Gasteiger charge is -2.29. The number of halogens is 1. The highest BCUT2D eigenvalue weighted by molar-refractivity contribution is 7.92. The van der Waals surface area contributed by atoms with Crippen molar-refractivity contribution in [3.05, 3.63) is 52.5 Å². The summed E-state index contributed by atoms with van der Waals surface area (Å²) in [7, 11) is -2.30. The predicted octanol–water partition coefficient (Wildman–Crippen LogP) is 3.76. The van der Waals surface area contributed by atoms with Crippen molar-refractivity contribution in [2.45, 2.75) is 26.8 Å². The monoisotopic (exact) mass is 410 g/mol. The minimum absolute atomic E-state index is 0.311. The molecular weight excluding hydrogens is 388 g/mol. The molecule has 1 N–H and O–H groups in total. The maximum Gasteiger partial charge on any atom is 0.248 e. The molecular formula is C19H23ClN2O4S. The molecule has 2 aromatic rings. The molecule has 8 heteroatoms. The van der Waals surface area contributed by atoms with Crippen LogP contribution < -0.4 is 14.4 Å². The van der Waals surface area contributed by atoms with E-state index in [4.69, 9.17) is 16.3 Å². The number of hydrogen-bond donors (Lipinski definition) is 1. The van der Waals surface area contributed by atoms with Crippen LogP contribution in [-0.4, -0.2) is 33.7 Å². The topological polar surface area (TPSA) is 75.7 Å². The normalized spacial score (nSPS) is 12.4. The fraction of sp³-hybridized carbons (Fsp3) is 0.316. The quantitative estimate of drug-likeness (QED) is 0.786. The lowest BCUT2D eigenvalue weighted by atomic mass is 10.1. The Morgan fingerprint density at radius 3 is 2.44 bits per heavy atom. The van der Waals surface area contributed by atoms with Gasteiger partial charge in [0.25, 0.3) is 0 Å². The van der Waals surface area contributed by atoms with Gasteiger partial charge >= 0.3 is 0 Å². The van der Waals surface area contributed by atoms with E-state index in [1.54, 1.807) is 30.3 Å². The second-order valence-electron chi connectivity index (χ2n) is 6.36. The lowest BCUT2D eigenvalue weighted by molar-refractivity contribution is -0.116. The molecule has 0 spiro atoms. The summed E-state index contributed by atoms with van der Waals surface area (Å²) in [6.45, 7) is 5.19. The summed E-state index contributed by atoms with van der Waals surface area (Å²) in [5.41, 5.74) is 2.51. The number of hydrogen-bond acceptors (Lipinski definition) is 4. The zero-order valence-corrected chi connectivity index (χ0v) is 17.5. The Kier molecular flexibility index (Phi) is 6.38. The van der Waals surface area contributed by atoms with Gasteiger partial charge in [0.1, 0.15) is 11.8 Å². The first-order chi connectivity index (χ1) is 12.5. The van der Waals surface area contributed by atoms with Gasteiger partial charge in [-0.2, -0.15) is 0 Å². The smallest absolute Gasteiger partial charge is 0.248 e. The number of anilines is 2. The fourth-order valence-electron chi connectivity index (χ4n) is 2.72. The third-order valence-electron chi connectivity index (χ3n) is 4.12. The number of ether oxygens (including phenoxy) is 1. The summed E-state index contributed by atoms with van der Waals surface area (Å²) in [6.07, 6.45) is 1.06. The van der Waals surface area contributed by atoms with E-state index in [0.717, 1.165) is 21.7 Å². The van der Waals surface area contributed by atoms with Gasteiger partial charge in [0.2, 0.25) is 15.9 Å². The van der Waals surface area contributed by atoms with Gasteiger partial charge < -0.3 is 10.1 Å². The van der Waals surface area contributed by atoms with Crippen LogP contribution in [0.5, 0.6) is 5.75 Å². The van der Waals surface area contributed by atoms with E-state index in [2.05, 4.69) is 5.32 Å². The van der Waals surface area contributed by atoms with Gasteiger partial charge in [-0.15, -0.1) is 0 Å². The van der Waals surface area contributed by atoms with Gasteiger partial charge in [0.15, 0.2) is 0 Å². The van der Waals surface area contributed by atoms with Gasteiger partial charge in [0, 0.05) is 10.7 Å². The van der Waals surface area contributed by atoms with E-state index in [-0.39, 0.29) is 0 Å². The number of carbonyl (C=O) groups excluding carboxylic acids is 1. The van der Waals surface area contributed by atoms with Crippen LogP contribution in [0.3, 0.4) is 0 Å². The Labute approximate surface area is 165 Å². The van der Waals surface area contributed by atoms with Crippen LogP contribution in [0, 0.1) is 13.8 Å². The Balaban J connectivity index is 2.44. The van der Waals surface area contributed by atoms with Crippen molar-refractivity contribution in [2.24, 2.45) is 0 Å². The summed E-state index contributed by atoms with van der Waals surface area (Å²) in [4.78, 5) is 12.8. The predicted molar refractivity (Wildman–Crippen MR) is 109 cm³/mol. The minimum atomic E-state index is -3.76. The van der Waals surface area contributed by atoms with Gasteiger partial charge in [-0.05, 0) is 56.2 Å². The van der Waals surface area contributed by atoms with Crippen molar-refractivity contribution >= 4 is 38.9 Å². The number of nitrogens with one attached hydrogen (secondary N) is 1. The van der Waals surface area contributed by atoms with Crippen molar-refractivity contribution in [3.63, 3.8) is 0 Å². The van der Waals surface area contributed by atoms with Crippen molar-refractivity contribution < 1.29 is 17.9 Å². The van der Waals surface area contributed by atoms with Gasteiger partial charge in [-0.3, -0.25) is 9.10 Å². The van der Waals surface area contributed by atoms with Crippen LogP contribution in [0.4, 0.5) is 11.4 Å². The molecule has 0 bridgehead atoms. The number of carbonyl (C=O) groups is 1. The van der Waals surface area contributed by atoms with Gasteiger partial charge in [0.05, 0.1) is 19.1 Å². The number of aryl methyl sites for hydroxylation is 2. The molecule has 0 unspecified atom stereocenters. The van der Waals surface area contributed by atoms with E-state index < -0.39 is 22.0 Å². The second-order valence-corrected chi connectivity index (χ2v) is 8.65. The molecule has 0 saturated heterocycles. The zero-order chi connectivity index (χ0) is 20.4. The molecule has 27 heavy (non-hydrogen) atoms. The Hall–Kier alpha value is -2.25. The van der Waals surface area contributed by atoms with Crippen LogP contribution in [-0.2, 0) is 14.8 Å². The van der Waals surface area contributed by atoms with Crippen LogP contribution >= 0.6 is 11.6 Å². The Morgan fingerprint density at radius 1 is 1.19 bits per heavy atom. The van der Waals surface area contributed by atoms with E-state index >= 15 is 0 Å². The highest BCUT2D eigenvalue weighted by atomic mass is 35.5. The summed E-state index contributed by atoms with van der Waals surface area (Å²) in [5.74, 6) is -0.112. The molecule has 0 fully saturated rings. The van der Waals surface area contributed by atoms with E-state index in [0.29, 0.717) is 22.1 Å². The molecule has 1 amide bonds. The summed E-state index contributed by atoms with van der Waals surface area (Å²) >= 11 is 5.99. The summed E-state index contributed by atoms with van der Waals surface area (Å²) in [6, 6.07) is 9.27. The maximum absolute atomic E-state index is 12.8. The first kappa shape index (κ1) is 21.1. The highest BCUT2D eigenvalue weighted by Gasteiger charge is 2.31. The second kappa shape index (κ2) is 8.19. The number of methoxy groups -OCH3 is 1. The standard InChI is InChI=1S/C19H23ClN2O4S/c1-12-6-9-18(26-4)17(10-12)22(27(5,24)25)14(3)19(23)21-16-11-15(20)8-7-13(16)2/h6-11,14H,1-5H3,(H,21,23)/t14-/m1/s1. The third kappa shape index (κ3) is 4.93. The molecule has 2 aromatic carbocycles. The van der Waals surface area contributed by atoms with Crippen LogP contribution in [0.1, 0.15) is 18.1 Å². The molecule has 0 aliphatic rings. The molecule has 0 saturated carbocycles.